The van der Waals surface area contributed by atoms with Gasteiger partial charge in [-0.15, -0.1) is 30.6 Å². The summed E-state index contributed by atoms with van der Waals surface area (Å²) in [5, 5.41) is 3.37. The summed E-state index contributed by atoms with van der Waals surface area (Å²) in [7, 11) is 3.84. The van der Waals surface area contributed by atoms with Crippen molar-refractivity contribution in [1.82, 2.24) is 24.8 Å². The van der Waals surface area contributed by atoms with Crippen LogP contribution in [0.2, 0.25) is 0 Å². The highest BCUT2D eigenvalue weighted by Gasteiger charge is 2.06. The van der Waals surface area contributed by atoms with Crippen LogP contribution >= 0.6 is 24.0 Å². The number of unbranched alkanes of at least 4 members (excludes halogenated alkanes) is 1. The van der Waals surface area contributed by atoms with E-state index >= 15 is 0 Å². The van der Waals surface area contributed by atoms with E-state index < -0.39 is 0 Å². The van der Waals surface area contributed by atoms with E-state index in [4.69, 9.17) is 0 Å². The zero-order valence-corrected chi connectivity index (χ0v) is 17.5. The Kier molecular flexibility index (Phi) is 9.18. The number of nitrogens with one attached hydrogen (secondary N) is 1. The molecule has 0 unspecified atom stereocenters. The summed E-state index contributed by atoms with van der Waals surface area (Å²) in [6.07, 6.45) is 9.60. The average molecular weight is 454 g/mol. The number of imidazole rings is 1. The maximum absolute atomic E-state index is 4.51. The minimum Gasteiger partial charge on any atom is -0.352 e. The summed E-state index contributed by atoms with van der Waals surface area (Å²) in [5.41, 5.74) is 1.11. The van der Waals surface area contributed by atoms with Crippen molar-refractivity contribution in [2.45, 2.75) is 26.3 Å². The van der Waals surface area contributed by atoms with Gasteiger partial charge < -0.3 is 10.2 Å². The lowest BCUT2D eigenvalue weighted by atomic mass is 10.2. The van der Waals surface area contributed by atoms with E-state index in [9.17, 15) is 0 Å². The molecule has 6 nitrogen and oxygen atoms in total. The summed E-state index contributed by atoms with van der Waals surface area (Å²) in [6.45, 7) is 7.35. The summed E-state index contributed by atoms with van der Waals surface area (Å²) in [6, 6.07) is 4.07. The molecule has 0 saturated carbocycles. The van der Waals surface area contributed by atoms with Crippen LogP contribution in [0.15, 0.2) is 48.4 Å². The first kappa shape index (κ1) is 21.1. The van der Waals surface area contributed by atoms with Gasteiger partial charge in [-0.05, 0) is 31.4 Å². The SMILES string of the molecule is C=CCCCN(C)C(=NC)NCc1ccc(-n2ccnc2C)nc1.I. The maximum atomic E-state index is 4.51. The standard InChI is InChI=1S/C18H26N6.HI/c1-5-6-7-11-23(4)18(19-3)22-14-16-8-9-17(21-13-16)24-12-10-20-15(24)2;/h5,8-10,12-13H,1,6-7,11,14H2,2-4H3,(H,19,22);1H. The zero-order valence-electron chi connectivity index (χ0n) is 15.1. The van der Waals surface area contributed by atoms with E-state index in [1.165, 1.54) is 0 Å². The molecule has 25 heavy (non-hydrogen) atoms. The molecule has 2 heterocycles. The van der Waals surface area contributed by atoms with E-state index in [1.54, 1.807) is 13.2 Å². The molecule has 0 amide bonds. The molecule has 0 aromatic carbocycles. The van der Waals surface area contributed by atoms with Gasteiger partial charge in [0.1, 0.15) is 11.6 Å². The van der Waals surface area contributed by atoms with Crippen LogP contribution in [0.3, 0.4) is 0 Å². The second-order valence-corrected chi connectivity index (χ2v) is 5.62. The van der Waals surface area contributed by atoms with Crippen LogP contribution in [0, 0.1) is 6.92 Å². The van der Waals surface area contributed by atoms with Crippen LogP contribution in [0.1, 0.15) is 24.2 Å². The molecule has 2 aromatic heterocycles. The fraction of sp³-hybridized carbons (Fsp3) is 0.389. The van der Waals surface area contributed by atoms with Crippen LogP contribution in [0.4, 0.5) is 0 Å². The molecule has 0 bridgehead atoms. The molecule has 0 saturated heterocycles. The molecule has 0 spiro atoms. The van der Waals surface area contributed by atoms with Crippen LogP contribution in [0.25, 0.3) is 5.82 Å². The monoisotopic (exact) mass is 454 g/mol. The van der Waals surface area contributed by atoms with Crippen molar-refractivity contribution in [1.29, 1.82) is 0 Å². The van der Waals surface area contributed by atoms with Crippen LogP contribution < -0.4 is 5.32 Å². The molecule has 7 heteroatoms. The number of allylic oxidation sites excluding steroid dienone is 1. The topological polar surface area (TPSA) is 58.3 Å². The Labute approximate surface area is 167 Å². The number of aliphatic imine (C=N–C) groups is 1. The van der Waals surface area contributed by atoms with Crippen molar-refractivity contribution in [3.8, 4) is 5.82 Å². The van der Waals surface area contributed by atoms with Crippen LogP contribution in [-0.4, -0.2) is 46.0 Å². The van der Waals surface area contributed by atoms with Gasteiger partial charge in [-0.3, -0.25) is 9.56 Å². The summed E-state index contributed by atoms with van der Waals surface area (Å²) >= 11 is 0. The number of guanidine groups is 1. The van der Waals surface area contributed by atoms with Crippen molar-refractivity contribution < 1.29 is 0 Å². The first-order chi connectivity index (χ1) is 11.7. The third-order valence-corrected chi connectivity index (χ3v) is 3.81. The molecule has 0 atom stereocenters. The van der Waals surface area contributed by atoms with E-state index in [2.05, 4.69) is 37.8 Å². The highest BCUT2D eigenvalue weighted by atomic mass is 127. The largest absolute Gasteiger partial charge is 0.352 e. The number of nitrogens with zero attached hydrogens (tertiary/aromatic N) is 5. The Bertz CT molecular complexity index is 677. The first-order valence-corrected chi connectivity index (χ1v) is 8.13. The predicted molar refractivity (Wildman–Crippen MR) is 114 cm³/mol. The lowest BCUT2D eigenvalue weighted by molar-refractivity contribution is 0.470. The van der Waals surface area contributed by atoms with E-state index in [1.807, 2.05) is 43.1 Å². The minimum absolute atomic E-state index is 0. The quantitative estimate of drug-likeness (QED) is 0.230. The average Bonchev–Trinajstić information content (AvgIpc) is 3.02. The Morgan fingerprint density at radius 3 is 2.76 bits per heavy atom. The molecule has 2 rings (SSSR count). The van der Waals surface area contributed by atoms with Gasteiger partial charge in [-0.2, -0.15) is 0 Å². The molecule has 0 aliphatic heterocycles. The van der Waals surface area contributed by atoms with Gasteiger partial charge in [0, 0.05) is 45.8 Å². The van der Waals surface area contributed by atoms with E-state index in [-0.39, 0.29) is 24.0 Å². The summed E-state index contributed by atoms with van der Waals surface area (Å²) < 4.78 is 1.96. The number of hydrogen-bond donors (Lipinski definition) is 1. The molecule has 136 valence electrons. The molecule has 0 fully saturated rings. The molecular formula is C18H27IN6. The molecule has 2 aromatic rings. The highest BCUT2D eigenvalue weighted by Crippen LogP contribution is 2.08. The van der Waals surface area contributed by atoms with Crippen LogP contribution in [-0.2, 0) is 6.54 Å². The minimum atomic E-state index is 0. The van der Waals surface area contributed by atoms with Gasteiger partial charge in [-0.25, -0.2) is 9.97 Å². The van der Waals surface area contributed by atoms with Gasteiger partial charge in [0.15, 0.2) is 5.96 Å². The smallest absolute Gasteiger partial charge is 0.193 e. The van der Waals surface area contributed by atoms with Crippen molar-refractivity contribution >= 4 is 29.9 Å². The zero-order chi connectivity index (χ0) is 17.4. The van der Waals surface area contributed by atoms with Crippen molar-refractivity contribution in [3.63, 3.8) is 0 Å². The van der Waals surface area contributed by atoms with Gasteiger partial charge in [0.25, 0.3) is 0 Å². The highest BCUT2D eigenvalue weighted by molar-refractivity contribution is 14.0. The second kappa shape index (κ2) is 10.9. The number of aryl methyl sites for hydroxylation is 1. The van der Waals surface area contributed by atoms with Gasteiger partial charge in [0.05, 0.1) is 0 Å². The number of aromatic nitrogens is 3. The number of pyridine rings is 1. The van der Waals surface area contributed by atoms with Gasteiger partial charge in [-0.1, -0.05) is 12.1 Å². The number of halogens is 1. The fourth-order valence-electron chi connectivity index (χ4n) is 2.43. The first-order valence-electron chi connectivity index (χ1n) is 8.13. The molecular weight excluding hydrogens is 427 g/mol. The maximum Gasteiger partial charge on any atom is 0.193 e. The van der Waals surface area contributed by atoms with Crippen molar-refractivity contribution in [3.05, 3.63) is 54.8 Å². The molecule has 0 radical (unpaired) electrons. The Morgan fingerprint density at radius 1 is 1.40 bits per heavy atom. The Hall–Kier alpha value is -1.90. The second-order valence-electron chi connectivity index (χ2n) is 5.62. The van der Waals surface area contributed by atoms with Gasteiger partial charge in [0.2, 0.25) is 0 Å². The van der Waals surface area contributed by atoms with Crippen molar-refractivity contribution in [2.75, 3.05) is 20.6 Å². The van der Waals surface area contributed by atoms with Crippen LogP contribution in [0.5, 0.6) is 0 Å². The predicted octanol–water partition coefficient (Wildman–Crippen LogP) is 3.17. The molecule has 0 aliphatic rings. The lowest BCUT2D eigenvalue weighted by Gasteiger charge is -2.21. The lowest BCUT2D eigenvalue weighted by Crippen LogP contribution is -2.39. The summed E-state index contributed by atoms with van der Waals surface area (Å²) in [4.78, 5) is 15.2. The Morgan fingerprint density at radius 2 is 2.20 bits per heavy atom. The van der Waals surface area contributed by atoms with Crippen molar-refractivity contribution in [2.24, 2.45) is 4.99 Å². The van der Waals surface area contributed by atoms with E-state index in [0.29, 0.717) is 6.54 Å². The number of hydrogen-bond acceptors (Lipinski definition) is 3. The Balaban J connectivity index is 0.00000312. The third-order valence-electron chi connectivity index (χ3n) is 3.81. The van der Waals surface area contributed by atoms with E-state index in [0.717, 1.165) is 42.6 Å². The normalized spacial score (nSPS) is 10.9. The van der Waals surface area contributed by atoms with Gasteiger partial charge >= 0.3 is 0 Å². The molecule has 1 N–H and O–H groups in total. The number of rotatable bonds is 7. The fourth-order valence-corrected chi connectivity index (χ4v) is 2.43. The summed E-state index contributed by atoms with van der Waals surface area (Å²) in [5.74, 6) is 2.68. The third kappa shape index (κ3) is 6.15. The molecule has 0 aliphatic carbocycles.